The lowest BCUT2D eigenvalue weighted by Crippen LogP contribution is -2.47. The van der Waals surface area contributed by atoms with Crippen molar-refractivity contribution >= 4 is 17.6 Å². The van der Waals surface area contributed by atoms with Gasteiger partial charge in [-0.2, -0.15) is 0 Å². The molecule has 1 aliphatic rings. The molecule has 0 aromatic heterocycles. The Labute approximate surface area is 154 Å². The van der Waals surface area contributed by atoms with Crippen molar-refractivity contribution in [2.75, 3.05) is 11.9 Å². The van der Waals surface area contributed by atoms with Crippen LogP contribution in [-0.4, -0.2) is 40.6 Å². The minimum Gasteiger partial charge on any atom is -0.391 e. The van der Waals surface area contributed by atoms with Gasteiger partial charge in [-0.25, -0.2) is 13.6 Å². The highest BCUT2D eigenvalue weighted by Crippen LogP contribution is 2.21. The van der Waals surface area contributed by atoms with Gasteiger partial charge < -0.3 is 20.6 Å². The van der Waals surface area contributed by atoms with Gasteiger partial charge in [0.2, 0.25) is 5.91 Å². The van der Waals surface area contributed by atoms with Crippen LogP contribution in [-0.2, 0) is 11.3 Å². The highest BCUT2D eigenvalue weighted by molar-refractivity contribution is 5.94. The Balaban J connectivity index is 1.64. The Morgan fingerprint density at radius 1 is 1.11 bits per heavy atom. The summed E-state index contributed by atoms with van der Waals surface area (Å²) in [6, 6.07) is 9.80. The molecule has 1 saturated heterocycles. The number of carbonyl (C=O) groups is 2. The van der Waals surface area contributed by atoms with E-state index in [1.165, 1.54) is 35.2 Å². The van der Waals surface area contributed by atoms with Crippen LogP contribution in [0.1, 0.15) is 12.0 Å². The first-order valence-corrected chi connectivity index (χ1v) is 8.46. The highest BCUT2D eigenvalue weighted by Gasteiger charge is 2.39. The normalized spacial score (nSPS) is 19.0. The van der Waals surface area contributed by atoms with Crippen molar-refractivity contribution in [1.29, 1.82) is 0 Å². The molecule has 6 nitrogen and oxygen atoms in total. The Bertz CT molecular complexity index is 829. The summed E-state index contributed by atoms with van der Waals surface area (Å²) in [6.07, 6.45) is -0.766. The number of hydrogen-bond acceptors (Lipinski definition) is 3. The van der Waals surface area contributed by atoms with Crippen molar-refractivity contribution in [2.45, 2.75) is 25.1 Å². The number of β-amino-alcohol motifs (C(OH)–C–C–N with tert-alkyl or cyclic N) is 1. The first-order chi connectivity index (χ1) is 12.9. The van der Waals surface area contributed by atoms with E-state index in [1.54, 1.807) is 18.2 Å². The topological polar surface area (TPSA) is 81.7 Å². The number of aliphatic hydroxyl groups is 1. The fraction of sp³-hybridized carbons (Fsp3) is 0.263. The van der Waals surface area contributed by atoms with E-state index in [4.69, 9.17) is 0 Å². The molecule has 0 spiro atoms. The van der Waals surface area contributed by atoms with E-state index in [0.29, 0.717) is 5.56 Å². The zero-order valence-corrected chi connectivity index (χ0v) is 14.4. The number of nitrogens with zero attached hydrogens (tertiary/aromatic N) is 1. The van der Waals surface area contributed by atoms with Crippen molar-refractivity contribution < 1.29 is 23.5 Å². The molecule has 0 bridgehead atoms. The molecular weight excluding hydrogens is 356 g/mol. The van der Waals surface area contributed by atoms with E-state index in [-0.39, 0.29) is 31.0 Å². The predicted molar refractivity (Wildman–Crippen MR) is 94.8 cm³/mol. The number of urea groups is 1. The Hall–Kier alpha value is -3.00. The molecule has 3 N–H and O–H groups in total. The van der Waals surface area contributed by atoms with Gasteiger partial charge in [-0.15, -0.1) is 0 Å². The molecular formula is C19H19F2N3O3. The number of amides is 3. The van der Waals surface area contributed by atoms with Crippen molar-refractivity contribution in [3.63, 3.8) is 0 Å². The minimum absolute atomic E-state index is 0.00522. The van der Waals surface area contributed by atoms with Crippen molar-refractivity contribution in [1.82, 2.24) is 10.2 Å². The van der Waals surface area contributed by atoms with Crippen LogP contribution in [0.5, 0.6) is 0 Å². The molecule has 2 atom stereocenters. The molecule has 27 heavy (non-hydrogen) atoms. The number of carbonyl (C=O) groups excluding carboxylic acids is 2. The predicted octanol–water partition coefficient (Wildman–Crippen LogP) is 2.25. The molecule has 1 heterocycles. The summed E-state index contributed by atoms with van der Waals surface area (Å²) in [4.78, 5) is 26.1. The van der Waals surface area contributed by atoms with Crippen LogP contribution in [0.2, 0.25) is 0 Å². The third kappa shape index (κ3) is 4.59. The van der Waals surface area contributed by atoms with Gasteiger partial charge in [-0.05, 0) is 29.8 Å². The van der Waals surface area contributed by atoms with E-state index < -0.39 is 29.9 Å². The van der Waals surface area contributed by atoms with Crippen molar-refractivity contribution in [2.24, 2.45) is 0 Å². The number of hydrogen-bond donors (Lipinski definition) is 3. The zero-order valence-electron chi connectivity index (χ0n) is 14.4. The van der Waals surface area contributed by atoms with Gasteiger partial charge in [0, 0.05) is 19.5 Å². The molecule has 0 radical (unpaired) electrons. The summed E-state index contributed by atoms with van der Waals surface area (Å²) >= 11 is 0. The molecule has 2 unspecified atom stereocenters. The van der Waals surface area contributed by atoms with E-state index in [0.717, 1.165) is 0 Å². The van der Waals surface area contributed by atoms with Gasteiger partial charge in [0.05, 0.1) is 11.8 Å². The number of para-hydroxylation sites is 1. The second-order valence-corrected chi connectivity index (χ2v) is 6.31. The monoisotopic (exact) mass is 375 g/mol. The molecule has 8 heteroatoms. The molecule has 3 amide bonds. The summed E-state index contributed by atoms with van der Waals surface area (Å²) in [5.74, 6) is -1.41. The van der Waals surface area contributed by atoms with Gasteiger partial charge in [0.15, 0.2) is 0 Å². The third-order valence-corrected chi connectivity index (χ3v) is 4.34. The second kappa shape index (κ2) is 8.13. The van der Waals surface area contributed by atoms with Gasteiger partial charge in [0.25, 0.3) is 0 Å². The summed E-state index contributed by atoms with van der Waals surface area (Å²) in [5.41, 5.74) is 0.694. The molecule has 0 aliphatic carbocycles. The molecule has 1 aliphatic heterocycles. The Morgan fingerprint density at radius 3 is 2.52 bits per heavy atom. The molecule has 142 valence electrons. The molecule has 2 aromatic carbocycles. The maximum absolute atomic E-state index is 13.7. The molecule has 0 saturated carbocycles. The highest BCUT2D eigenvalue weighted by atomic mass is 19.1. The Kier molecular flexibility index (Phi) is 5.66. The smallest absolute Gasteiger partial charge is 0.322 e. The number of anilines is 1. The van der Waals surface area contributed by atoms with Crippen molar-refractivity contribution in [3.05, 3.63) is 65.7 Å². The van der Waals surface area contributed by atoms with Gasteiger partial charge in [-0.3, -0.25) is 4.79 Å². The fourth-order valence-electron chi connectivity index (χ4n) is 2.95. The number of likely N-dealkylation sites (tertiary alicyclic amines) is 1. The lowest BCUT2D eigenvalue weighted by molar-refractivity contribution is -0.124. The quantitative estimate of drug-likeness (QED) is 0.767. The number of benzene rings is 2. The third-order valence-electron chi connectivity index (χ3n) is 4.34. The number of rotatable bonds is 4. The van der Waals surface area contributed by atoms with Gasteiger partial charge >= 0.3 is 6.03 Å². The average Bonchev–Trinajstić information content (AvgIpc) is 3.05. The fourth-order valence-corrected chi connectivity index (χ4v) is 2.95. The summed E-state index contributed by atoms with van der Waals surface area (Å²) in [6.45, 7) is 0.128. The van der Waals surface area contributed by atoms with Crippen LogP contribution in [0.4, 0.5) is 19.3 Å². The zero-order chi connectivity index (χ0) is 19.4. The van der Waals surface area contributed by atoms with E-state index >= 15 is 0 Å². The standard InChI is InChI=1S/C19H19F2N3O3/c20-13-7-5-12(6-8-13)10-22-18(26)17-9-14(25)11-24(17)19(27)23-16-4-2-1-3-15(16)21/h1-8,14,17,25H,9-11H2,(H,22,26)(H,23,27). The van der Waals surface area contributed by atoms with Crippen LogP contribution in [0, 0.1) is 11.6 Å². The lowest BCUT2D eigenvalue weighted by atomic mass is 10.1. The van der Waals surface area contributed by atoms with E-state index in [9.17, 15) is 23.5 Å². The maximum Gasteiger partial charge on any atom is 0.322 e. The van der Waals surface area contributed by atoms with Crippen LogP contribution < -0.4 is 10.6 Å². The van der Waals surface area contributed by atoms with Gasteiger partial charge in [-0.1, -0.05) is 24.3 Å². The number of nitrogens with one attached hydrogen (secondary N) is 2. The van der Waals surface area contributed by atoms with E-state index in [1.807, 2.05) is 0 Å². The van der Waals surface area contributed by atoms with Crippen LogP contribution in [0.15, 0.2) is 48.5 Å². The van der Waals surface area contributed by atoms with Crippen LogP contribution in [0.25, 0.3) is 0 Å². The van der Waals surface area contributed by atoms with Crippen LogP contribution in [0.3, 0.4) is 0 Å². The van der Waals surface area contributed by atoms with Crippen molar-refractivity contribution in [3.8, 4) is 0 Å². The molecule has 3 rings (SSSR count). The summed E-state index contributed by atoms with van der Waals surface area (Å²) in [5, 5.41) is 15.0. The lowest BCUT2D eigenvalue weighted by Gasteiger charge is -2.24. The summed E-state index contributed by atoms with van der Waals surface area (Å²) in [7, 11) is 0. The number of aliphatic hydroxyl groups excluding tert-OH is 1. The largest absolute Gasteiger partial charge is 0.391 e. The SMILES string of the molecule is O=C(NCc1ccc(F)cc1)C1CC(O)CN1C(=O)Nc1ccccc1F. The molecule has 1 fully saturated rings. The Morgan fingerprint density at radius 2 is 1.81 bits per heavy atom. The average molecular weight is 375 g/mol. The minimum atomic E-state index is -0.882. The van der Waals surface area contributed by atoms with E-state index in [2.05, 4.69) is 10.6 Å². The first-order valence-electron chi connectivity index (χ1n) is 8.46. The molecule has 2 aromatic rings. The van der Waals surface area contributed by atoms with Gasteiger partial charge in [0.1, 0.15) is 17.7 Å². The second-order valence-electron chi connectivity index (χ2n) is 6.31. The number of halogens is 2. The summed E-state index contributed by atoms with van der Waals surface area (Å²) < 4.78 is 26.6. The van der Waals surface area contributed by atoms with Crippen LogP contribution >= 0.6 is 0 Å². The first kappa shape index (κ1) is 18.8. The maximum atomic E-state index is 13.7.